The number of aromatic nitrogens is 4. The summed E-state index contributed by atoms with van der Waals surface area (Å²) in [5, 5.41) is 12.0. The molecule has 3 heterocycles. The first-order valence-corrected chi connectivity index (χ1v) is 16.0. The number of benzene rings is 5. The van der Waals surface area contributed by atoms with E-state index >= 15 is 0 Å². The molecule has 0 saturated heterocycles. The fraction of sp³-hybridized carbons (Fsp3) is 0. The lowest BCUT2D eigenvalue weighted by atomic mass is 9.93. The Morgan fingerprint density at radius 1 is 0.271 bits per heavy atom. The number of hydrogen-bond donors (Lipinski definition) is 0. The van der Waals surface area contributed by atoms with Crippen LogP contribution in [0.4, 0.5) is 0 Å². The van der Waals surface area contributed by atoms with Gasteiger partial charge in [-0.15, -0.1) is 0 Å². The van der Waals surface area contributed by atoms with Crippen LogP contribution in [0.5, 0.6) is 0 Å². The second-order valence-corrected chi connectivity index (χ2v) is 11.9. The maximum Gasteiger partial charge on any atom is 0.160 e. The van der Waals surface area contributed by atoms with E-state index in [0.29, 0.717) is 5.82 Å². The molecule has 48 heavy (non-hydrogen) atoms. The molecule has 6 aromatic carbocycles. The van der Waals surface area contributed by atoms with Gasteiger partial charge in [-0.3, -0.25) is 9.97 Å². The highest BCUT2D eigenvalue weighted by Crippen LogP contribution is 2.37. The van der Waals surface area contributed by atoms with Crippen molar-refractivity contribution >= 4 is 53.9 Å². The van der Waals surface area contributed by atoms with E-state index in [1.165, 1.54) is 48.5 Å². The zero-order chi connectivity index (χ0) is 31.9. The molecule has 9 aromatic rings. The SMILES string of the molecule is c1ccc2c(c1)c1ccccc1c1ccccc1c1cc(-c3cc(-c4ccncc4)nc(-c4ccncc4)n3)ccc1c1ccccc21. The smallest absolute Gasteiger partial charge is 0.160 e. The minimum Gasteiger partial charge on any atom is -0.265 e. The van der Waals surface area contributed by atoms with Gasteiger partial charge in [0, 0.05) is 41.5 Å². The van der Waals surface area contributed by atoms with E-state index in [4.69, 9.17) is 9.97 Å². The Bertz CT molecular complexity index is 2590. The molecule has 0 saturated carbocycles. The molecular weight excluding hydrogens is 585 g/mol. The van der Waals surface area contributed by atoms with E-state index in [1.54, 1.807) is 24.8 Å². The van der Waals surface area contributed by atoms with Gasteiger partial charge in [-0.25, -0.2) is 9.97 Å². The van der Waals surface area contributed by atoms with Crippen LogP contribution in [-0.4, -0.2) is 19.9 Å². The summed E-state index contributed by atoms with van der Waals surface area (Å²) in [7, 11) is 0. The first-order valence-electron chi connectivity index (χ1n) is 16.0. The average Bonchev–Trinajstić information content (AvgIpc) is 3.18. The van der Waals surface area contributed by atoms with E-state index in [1.807, 2.05) is 24.3 Å². The Morgan fingerprint density at radius 2 is 0.625 bits per heavy atom. The Morgan fingerprint density at radius 3 is 1.06 bits per heavy atom. The molecule has 0 aliphatic carbocycles. The number of pyridine rings is 2. The summed E-state index contributed by atoms with van der Waals surface area (Å²) in [4.78, 5) is 18.6. The predicted molar refractivity (Wildman–Crippen MR) is 199 cm³/mol. The quantitative estimate of drug-likeness (QED) is 0.199. The van der Waals surface area contributed by atoms with E-state index in [0.717, 1.165) is 33.5 Å². The van der Waals surface area contributed by atoms with Crippen molar-refractivity contribution < 1.29 is 0 Å². The maximum atomic E-state index is 5.14. The van der Waals surface area contributed by atoms with Crippen LogP contribution < -0.4 is 0 Å². The highest BCUT2D eigenvalue weighted by molar-refractivity contribution is 6.26. The highest BCUT2D eigenvalue weighted by atomic mass is 14.9. The van der Waals surface area contributed by atoms with Crippen molar-refractivity contribution in [3.05, 3.63) is 170 Å². The zero-order valence-electron chi connectivity index (χ0n) is 26.0. The van der Waals surface area contributed by atoms with Gasteiger partial charge in [-0.05, 0) is 90.3 Å². The fourth-order valence-corrected chi connectivity index (χ4v) is 6.87. The summed E-state index contributed by atoms with van der Waals surface area (Å²) in [6, 6.07) is 51.7. The molecule has 0 atom stereocenters. The van der Waals surface area contributed by atoms with Crippen molar-refractivity contribution in [1.29, 1.82) is 0 Å². The van der Waals surface area contributed by atoms with Crippen LogP contribution in [0.3, 0.4) is 0 Å². The molecule has 0 amide bonds. The summed E-state index contributed by atoms with van der Waals surface area (Å²) < 4.78 is 0. The van der Waals surface area contributed by atoms with Gasteiger partial charge in [-0.1, -0.05) is 109 Å². The van der Waals surface area contributed by atoms with Gasteiger partial charge in [0.1, 0.15) is 0 Å². The second-order valence-electron chi connectivity index (χ2n) is 11.9. The summed E-state index contributed by atoms with van der Waals surface area (Å²) >= 11 is 0. The largest absolute Gasteiger partial charge is 0.265 e. The van der Waals surface area contributed by atoms with Gasteiger partial charge in [-0.2, -0.15) is 0 Å². The molecule has 4 nitrogen and oxygen atoms in total. The van der Waals surface area contributed by atoms with Gasteiger partial charge < -0.3 is 0 Å². The van der Waals surface area contributed by atoms with Crippen LogP contribution in [0.15, 0.2) is 170 Å². The van der Waals surface area contributed by atoms with E-state index in [2.05, 4.69) is 131 Å². The molecule has 3 aromatic heterocycles. The molecule has 0 aliphatic heterocycles. The molecule has 4 heteroatoms. The van der Waals surface area contributed by atoms with Crippen LogP contribution in [0.2, 0.25) is 0 Å². The van der Waals surface area contributed by atoms with Crippen LogP contribution in [0.1, 0.15) is 0 Å². The molecule has 0 spiro atoms. The lowest BCUT2D eigenvalue weighted by molar-refractivity contribution is 1.17. The number of rotatable bonds is 3. The molecule has 0 unspecified atom stereocenters. The van der Waals surface area contributed by atoms with Crippen molar-refractivity contribution in [3.8, 4) is 33.9 Å². The molecule has 0 radical (unpaired) electrons. The standard InChI is InChI=1S/C44H28N4/c1-2-11-34-32(9-1)33-10-3-4-12-35(33)37-14-7-8-16-39(37)41-27-31(17-18-40(41)38-15-6-5-13-36(34)38)43-28-42(29-19-23-45-24-20-29)47-44(48-43)30-21-25-46-26-22-30/h1-28H. The molecule has 0 N–H and O–H groups in total. The molecule has 0 aliphatic rings. The summed E-state index contributed by atoms with van der Waals surface area (Å²) in [6.45, 7) is 0. The minimum atomic E-state index is 0.651. The Kier molecular flexibility index (Phi) is 6.76. The lowest BCUT2D eigenvalue weighted by Gasteiger charge is -2.12. The highest BCUT2D eigenvalue weighted by Gasteiger charge is 2.13. The number of nitrogens with zero attached hydrogens (tertiary/aromatic N) is 4. The van der Waals surface area contributed by atoms with Crippen molar-refractivity contribution in [2.24, 2.45) is 0 Å². The normalized spacial score (nSPS) is 11.3. The number of fused-ring (bicyclic) bond motifs is 10. The van der Waals surface area contributed by atoms with Gasteiger partial charge in [0.05, 0.1) is 11.4 Å². The van der Waals surface area contributed by atoms with Crippen molar-refractivity contribution in [2.45, 2.75) is 0 Å². The first-order chi connectivity index (χ1) is 23.8. The molecular formula is C44H28N4. The van der Waals surface area contributed by atoms with E-state index in [-0.39, 0.29) is 0 Å². The topological polar surface area (TPSA) is 51.6 Å². The van der Waals surface area contributed by atoms with Gasteiger partial charge in [0.15, 0.2) is 5.82 Å². The van der Waals surface area contributed by atoms with Crippen LogP contribution >= 0.6 is 0 Å². The van der Waals surface area contributed by atoms with Gasteiger partial charge in [0.2, 0.25) is 0 Å². The zero-order valence-corrected chi connectivity index (χ0v) is 26.0. The fourth-order valence-electron chi connectivity index (χ4n) is 6.87. The molecule has 9 rings (SSSR count). The van der Waals surface area contributed by atoms with E-state index < -0.39 is 0 Å². The van der Waals surface area contributed by atoms with Crippen LogP contribution in [-0.2, 0) is 0 Å². The third-order valence-corrected chi connectivity index (χ3v) is 9.12. The maximum absolute atomic E-state index is 5.14. The van der Waals surface area contributed by atoms with Crippen molar-refractivity contribution in [1.82, 2.24) is 19.9 Å². The minimum absolute atomic E-state index is 0.651. The van der Waals surface area contributed by atoms with E-state index in [9.17, 15) is 0 Å². The van der Waals surface area contributed by atoms with Crippen LogP contribution in [0, 0.1) is 0 Å². The first kappa shape index (κ1) is 27.8. The molecule has 0 bridgehead atoms. The summed E-state index contributed by atoms with van der Waals surface area (Å²) in [6.07, 6.45) is 7.15. The summed E-state index contributed by atoms with van der Waals surface area (Å²) in [5.41, 5.74) is 4.60. The molecule has 224 valence electrons. The summed E-state index contributed by atoms with van der Waals surface area (Å²) in [5.74, 6) is 0.651. The number of hydrogen-bond acceptors (Lipinski definition) is 4. The van der Waals surface area contributed by atoms with Crippen LogP contribution in [0.25, 0.3) is 87.8 Å². The third kappa shape index (κ3) is 4.79. The van der Waals surface area contributed by atoms with Crippen molar-refractivity contribution in [3.63, 3.8) is 0 Å². The van der Waals surface area contributed by atoms with Gasteiger partial charge >= 0.3 is 0 Å². The lowest BCUT2D eigenvalue weighted by Crippen LogP contribution is -1.96. The third-order valence-electron chi connectivity index (χ3n) is 9.12. The second kappa shape index (κ2) is 11.7. The monoisotopic (exact) mass is 612 g/mol. The predicted octanol–water partition coefficient (Wildman–Crippen LogP) is 11.2. The Labute approximate surface area is 277 Å². The molecule has 0 fully saturated rings. The Hall–Kier alpha value is -6.52. The van der Waals surface area contributed by atoms with Crippen molar-refractivity contribution in [2.75, 3.05) is 0 Å². The Balaban J connectivity index is 1.45. The van der Waals surface area contributed by atoms with Gasteiger partial charge in [0.25, 0.3) is 0 Å². The average molecular weight is 613 g/mol.